The standard InChI is InChI=1S/C12H15BrFNO/c1-7-9(11-6-16-4-3-15-11)5-10(13)8(2)12(7)14/h5,11,15H,3-4,6H2,1-2H3. The van der Waals surface area contributed by atoms with Gasteiger partial charge in [0, 0.05) is 11.0 Å². The van der Waals surface area contributed by atoms with Crippen molar-refractivity contribution >= 4 is 15.9 Å². The van der Waals surface area contributed by atoms with Crippen molar-refractivity contribution in [3.05, 3.63) is 33.0 Å². The summed E-state index contributed by atoms with van der Waals surface area (Å²) in [5, 5.41) is 3.34. The van der Waals surface area contributed by atoms with Gasteiger partial charge in [-0.1, -0.05) is 15.9 Å². The molecule has 16 heavy (non-hydrogen) atoms. The van der Waals surface area contributed by atoms with E-state index >= 15 is 0 Å². The van der Waals surface area contributed by atoms with Crippen molar-refractivity contribution in [3.63, 3.8) is 0 Å². The number of hydrogen-bond donors (Lipinski definition) is 1. The lowest BCUT2D eigenvalue weighted by atomic mass is 9.98. The predicted molar refractivity (Wildman–Crippen MR) is 65.1 cm³/mol. The molecule has 1 fully saturated rings. The van der Waals surface area contributed by atoms with E-state index < -0.39 is 0 Å². The molecule has 1 atom stereocenters. The number of rotatable bonds is 1. The number of morpholine rings is 1. The molecule has 0 spiro atoms. The van der Waals surface area contributed by atoms with Gasteiger partial charge in [0.25, 0.3) is 0 Å². The molecule has 2 nitrogen and oxygen atoms in total. The Morgan fingerprint density at radius 1 is 1.44 bits per heavy atom. The van der Waals surface area contributed by atoms with E-state index in [0.29, 0.717) is 17.7 Å². The molecule has 1 aromatic carbocycles. The maximum Gasteiger partial charge on any atom is 0.130 e. The van der Waals surface area contributed by atoms with Gasteiger partial charge in [0.1, 0.15) is 5.82 Å². The van der Waals surface area contributed by atoms with Gasteiger partial charge in [0.2, 0.25) is 0 Å². The minimum atomic E-state index is -0.128. The highest BCUT2D eigenvalue weighted by Gasteiger charge is 2.20. The number of halogens is 2. The summed E-state index contributed by atoms with van der Waals surface area (Å²) in [5.41, 5.74) is 2.36. The van der Waals surface area contributed by atoms with Crippen LogP contribution in [-0.4, -0.2) is 19.8 Å². The van der Waals surface area contributed by atoms with Gasteiger partial charge in [0.05, 0.1) is 19.3 Å². The van der Waals surface area contributed by atoms with Crippen LogP contribution in [0.2, 0.25) is 0 Å². The molecule has 0 saturated carbocycles. The smallest absolute Gasteiger partial charge is 0.130 e. The van der Waals surface area contributed by atoms with Crippen LogP contribution < -0.4 is 5.32 Å². The van der Waals surface area contributed by atoms with E-state index in [9.17, 15) is 4.39 Å². The van der Waals surface area contributed by atoms with Crippen LogP contribution in [0.25, 0.3) is 0 Å². The van der Waals surface area contributed by atoms with Crippen molar-refractivity contribution in [1.29, 1.82) is 0 Å². The highest BCUT2D eigenvalue weighted by atomic mass is 79.9. The molecular weight excluding hydrogens is 273 g/mol. The Morgan fingerprint density at radius 2 is 2.19 bits per heavy atom. The highest BCUT2D eigenvalue weighted by Crippen LogP contribution is 2.29. The molecule has 4 heteroatoms. The fourth-order valence-corrected chi connectivity index (χ4v) is 2.41. The first kappa shape index (κ1) is 12.0. The van der Waals surface area contributed by atoms with E-state index in [1.807, 2.05) is 13.0 Å². The zero-order valence-corrected chi connectivity index (χ0v) is 11.0. The summed E-state index contributed by atoms with van der Waals surface area (Å²) in [6.07, 6.45) is 0. The van der Waals surface area contributed by atoms with E-state index in [0.717, 1.165) is 23.2 Å². The minimum absolute atomic E-state index is 0.0974. The van der Waals surface area contributed by atoms with Gasteiger partial charge in [-0.05, 0) is 36.6 Å². The third-order valence-corrected chi connectivity index (χ3v) is 3.85. The average molecular weight is 288 g/mol. The third kappa shape index (κ3) is 2.14. The van der Waals surface area contributed by atoms with Gasteiger partial charge in [0.15, 0.2) is 0 Å². The number of nitrogens with one attached hydrogen (secondary N) is 1. The van der Waals surface area contributed by atoms with E-state index in [4.69, 9.17) is 4.74 Å². The van der Waals surface area contributed by atoms with Crippen molar-refractivity contribution in [3.8, 4) is 0 Å². The Morgan fingerprint density at radius 3 is 2.81 bits per heavy atom. The largest absolute Gasteiger partial charge is 0.378 e. The minimum Gasteiger partial charge on any atom is -0.378 e. The molecule has 0 aliphatic carbocycles. The molecule has 2 rings (SSSR count). The topological polar surface area (TPSA) is 21.3 Å². The Kier molecular flexibility index (Phi) is 3.62. The molecule has 0 aromatic heterocycles. The lowest BCUT2D eigenvalue weighted by molar-refractivity contribution is 0.0765. The molecule has 0 bridgehead atoms. The molecule has 1 N–H and O–H groups in total. The summed E-state index contributed by atoms with van der Waals surface area (Å²) >= 11 is 3.39. The summed E-state index contributed by atoms with van der Waals surface area (Å²) < 4.78 is 20.1. The first-order chi connectivity index (χ1) is 7.61. The second kappa shape index (κ2) is 4.82. The quantitative estimate of drug-likeness (QED) is 0.858. The summed E-state index contributed by atoms with van der Waals surface area (Å²) in [6.45, 7) is 5.75. The van der Waals surface area contributed by atoms with Gasteiger partial charge in [-0.25, -0.2) is 4.39 Å². The van der Waals surface area contributed by atoms with Crippen LogP contribution in [0, 0.1) is 19.7 Å². The van der Waals surface area contributed by atoms with Crippen LogP contribution in [0.1, 0.15) is 22.7 Å². The zero-order chi connectivity index (χ0) is 11.7. The van der Waals surface area contributed by atoms with Crippen LogP contribution >= 0.6 is 15.9 Å². The van der Waals surface area contributed by atoms with Crippen LogP contribution in [0.15, 0.2) is 10.5 Å². The zero-order valence-electron chi connectivity index (χ0n) is 9.44. The molecular formula is C12H15BrFNO. The number of hydrogen-bond acceptors (Lipinski definition) is 2. The van der Waals surface area contributed by atoms with Crippen molar-refractivity contribution in [2.75, 3.05) is 19.8 Å². The lowest BCUT2D eigenvalue weighted by Crippen LogP contribution is -2.35. The predicted octanol–water partition coefficient (Wildman–Crippen LogP) is 2.87. The molecule has 88 valence electrons. The van der Waals surface area contributed by atoms with Gasteiger partial charge in [-0.2, -0.15) is 0 Å². The van der Waals surface area contributed by atoms with E-state index in [1.165, 1.54) is 0 Å². The van der Waals surface area contributed by atoms with Crippen LogP contribution in [-0.2, 0) is 4.74 Å². The Hall–Kier alpha value is -0.450. The fourth-order valence-electron chi connectivity index (χ4n) is 1.99. The van der Waals surface area contributed by atoms with Crippen LogP contribution in [0.3, 0.4) is 0 Å². The van der Waals surface area contributed by atoms with Crippen LogP contribution in [0.5, 0.6) is 0 Å². The maximum atomic E-state index is 13.9. The first-order valence-corrected chi connectivity index (χ1v) is 6.16. The third-order valence-electron chi connectivity index (χ3n) is 3.03. The molecule has 0 amide bonds. The molecule has 1 aliphatic rings. The van der Waals surface area contributed by atoms with Gasteiger partial charge in [-0.3, -0.25) is 0 Å². The summed E-state index contributed by atoms with van der Waals surface area (Å²) in [5.74, 6) is -0.128. The molecule has 1 aromatic rings. The molecule has 1 aliphatic heterocycles. The lowest BCUT2D eigenvalue weighted by Gasteiger charge is -2.26. The Balaban J connectivity index is 2.40. The Labute approximate surface area is 103 Å². The summed E-state index contributed by atoms with van der Waals surface area (Å²) in [4.78, 5) is 0. The second-order valence-electron chi connectivity index (χ2n) is 4.09. The fraction of sp³-hybridized carbons (Fsp3) is 0.500. The Bertz CT molecular complexity index is 402. The maximum absolute atomic E-state index is 13.9. The van der Waals surface area contributed by atoms with Crippen molar-refractivity contribution in [2.24, 2.45) is 0 Å². The SMILES string of the molecule is Cc1c(Br)cc(C2COCCN2)c(C)c1F. The molecule has 1 saturated heterocycles. The normalized spacial score (nSPS) is 21.1. The van der Waals surface area contributed by atoms with Crippen molar-refractivity contribution in [2.45, 2.75) is 19.9 Å². The molecule has 1 unspecified atom stereocenters. The number of benzene rings is 1. The van der Waals surface area contributed by atoms with Gasteiger partial charge >= 0.3 is 0 Å². The van der Waals surface area contributed by atoms with Gasteiger partial charge < -0.3 is 10.1 Å². The average Bonchev–Trinajstić information content (AvgIpc) is 2.32. The van der Waals surface area contributed by atoms with Crippen molar-refractivity contribution < 1.29 is 9.13 Å². The monoisotopic (exact) mass is 287 g/mol. The van der Waals surface area contributed by atoms with E-state index in [2.05, 4.69) is 21.2 Å². The molecule has 1 heterocycles. The summed E-state index contributed by atoms with van der Waals surface area (Å²) in [7, 11) is 0. The number of ether oxygens (including phenoxy) is 1. The highest BCUT2D eigenvalue weighted by molar-refractivity contribution is 9.10. The molecule has 0 radical (unpaired) electrons. The van der Waals surface area contributed by atoms with E-state index in [1.54, 1.807) is 6.92 Å². The second-order valence-corrected chi connectivity index (χ2v) is 4.95. The first-order valence-electron chi connectivity index (χ1n) is 5.37. The van der Waals surface area contributed by atoms with E-state index in [-0.39, 0.29) is 11.9 Å². The van der Waals surface area contributed by atoms with Crippen molar-refractivity contribution in [1.82, 2.24) is 5.32 Å². The van der Waals surface area contributed by atoms with Gasteiger partial charge in [-0.15, -0.1) is 0 Å². The van der Waals surface area contributed by atoms with Crippen LogP contribution in [0.4, 0.5) is 4.39 Å². The summed E-state index contributed by atoms with van der Waals surface area (Å²) in [6, 6.07) is 2.08.